The minimum Gasteiger partial charge on any atom is -0.397 e. The van der Waals surface area contributed by atoms with E-state index in [1.54, 1.807) is 6.92 Å². The second-order valence-electron chi connectivity index (χ2n) is 4.04. The summed E-state index contributed by atoms with van der Waals surface area (Å²) in [7, 11) is -2.16. The molecule has 0 atom stereocenters. The fourth-order valence-electron chi connectivity index (χ4n) is 1.56. The lowest BCUT2D eigenvalue weighted by molar-refractivity contribution is 0.388. The first-order chi connectivity index (χ1) is 9.42. The number of nitrogens with zero attached hydrogens (tertiary/aromatic N) is 2. The van der Waals surface area contributed by atoms with E-state index in [-0.39, 0.29) is 11.4 Å². The van der Waals surface area contributed by atoms with Gasteiger partial charge in [-0.1, -0.05) is 5.16 Å². The minimum absolute atomic E-state index is 0.126. The molecule has 0 spiro atoms. The summed E-state index contributed by atoms with van der Waals surface area (Å²) in [6.07, 6.45) is 0. The molecule has 2 aromatic rings. The fourth-order valence-corrected chi connectivity index (χ4v) is 2.32. The molecular formula is C11H15N5O3S. The number of aromatic nitrogens is 2. The van der Waals surface area contributed by atoms with Gasteiger partial charge in [-0.2, -0.15) is 4.98 Å². The van der Waals surface area contributed by atoms with Crippen LogP contribution in [0.5, 0.6) is 0 Å². The average Bonchev–Trinajstić information content (AvgIpc) is 2.83. The monoisotopic (exact) mass is 297 g/mol. The van der Waals surface area contributed by atoms with E-state index < -0.39 is 10.0 Å². The van der Waals surface area contributed by atoms with Crippen molar-refractivity contribution in [2.45, 2.75) is 18.4 Å². The second kappa shape index (κ2) is 5.47. The highest BCUT2D eigenvalue weighted by Gasteiger charge is 2.13. The molecule has 9 heteroatoms. The van der Waals surface area contributed by atoms with E-state index in [0.29, 0.717) is 23.1 Å². The molecular weight excluding hydrogens is 282 g/mol. The van der Waals surface area contributed by atoms with Crippen LogP contribution in [0.2, 0.25) is 0 Å². The normalized spacial score (nSPS) is 11.5. The molecule has 4 N–H and O–H groups in total. The van der Waals surface area contributed by atoms with E-state index in [1.807, 2.05) is 0 Å². The van der Waals surface area contributed by atoms with Crippen molar-refractivity contribution in [3.8, 4) is 0 Å². The molecule has 0 aliphatic carbocycles. The molecule has 20 heavy (non-hydrogen) atoms. The average molecular weight is 297 g/mol. The van der Waals surface area contributed by atoms with Crippen molar-refractivity contribution in [1.29, 1.82) is 0 Å². The van der Waals surface area contributed by atoms with Gasteiger partial charge in [0.2, 0.25) is 15.9 Å². The molecule has 0 amide bonds. The summed E-state index contributed by atoms with van der Waals surface area (Å²) in [6.45, 7) is 1.97. The van der Waals surface area contributed by atoms with Crippen molar-refractivity contribution in [3.05, 3.63) is 29.9 Å². The Hall–Kier alpha value is -2.13. The van der Waals surface area contributed by atoms with Gasteiger partial charge >= 0.3 is 0 Å². The van der Waals surface area contributed by atoms with Gasteiger partial charge in [0, 0.05) is 6.92 Å². The van der Waals surface area contributed by atoms with E-state index in [1.165, 1.54) is 25.2 Å². The Morgan fingerprint density at radius 2 is 2.15 bits per heavy atom. The first-order valence-electron chi connectivity index (χ1n) is 5.78. The van der Waals surface area contributed by atoms with Gasteiger partial charge in [0.05, 0.1) is 22.8 Å². The van der Waals surface area contributed by atoms with Gasteiger partial charge in [-0.3, -0.25) is 0 Å². The predicted octanol–water partition coefficient (Wildman–Crippen LogP) is 0.480. The van der Waals surface area contributed by atoms with Crippen LogP contribution in [0.15, 0.2) is 27.6 Å². The number of rotatable bonds is 5. The number of hydrogen-bond donors (Lipinski definition) is 3. The largest absolute Gasteiger partial charge is 0.397 e. The maximum atomic E-state index is 11.7. The maximum Gasteiger partial charge on any atom is 0.240 e. The van der Waals surface area contributed by atoms with Gasteiger partial charge in [0.25, 0.3) is 0 Å². The third-order valence-corrected chi connectivity index (χ3v) is 4.02. The van der Waals surface area contributed by atoms with E-state index >= 15 is 0 Å². The molecule has 0 bridgehead atoms. The van der Waals surface area contributed by atoms with Gasteiger partial charge in [0.1, 0.15) is 0 Å². The van der Waals surface area contributed by atoms with Crippen molar-refractivity contribution < 1.29 is 12.9 Å². The van der Waals surface area contributed by atoms with Crippen LogP contribution in [0.3, 0.4) is 0 Å². The molecule has 8 nitrogen and oxygen atoms in total. The minimum atomic E-state index is -3.51. The number of nitrogens with one attached hydrogen (secondary N) is 2. The Balaban J connectivity index is 2.21. The highest BCUT2D eigenvalue weighted by molar-refractivity contribution is 7.89. The van der Waals surface area contributed by atoms with E-state index in [2.05, 4.69) is 20.2 Å². The van der Waals surface area contributed by atoms with Crippen LogP contribution in [0.25, 0.3) is 0 Å². The van der Waals surface area contributed by atoms with Crippen molar-refractivity contribution in [1.82, 2.24) is 14.9 Å². The van der Waals surface area contributed by atoms with Crippen LogP contribution in [0, 0.1) is 6.92 Å². The van der Waals surface area contributed by atoms with Gasteiger partial charge in [0.15, 0.2) is 5.82 Å². The Kier molecular flexibility index (Phi) is 3.91. The second-order valence-corrected chi connectivity index (χ2v) is 5.93. The number of aryl methyl sites for hydroxylation is 1. The summed E-state index contributed by atoms with van der Waals surface area (Å²) in [6, 6.07) is 4.41. The predicted molar refractivity (Wildman–Crippen MR) is 73.5 cm³/mol. The van der Waals surface area contributed by atoms with Crippen molar-refractivity contribution >= 4 is 21.4 Å². The van der Waals surface area contributed by atoms with Gasteiger partial charge in [-0.15, -0.1) is 0 Å². The van der Waals surface area contributed by atoms with Crippen LogP contribution in [0.1, 0.15) is 11.7 Å². The number of sulfonamides is 1. The first kappa shape index (κ1) is 14.3. The summed E-state index contributed by atoms with van der Waals surface area (Å²) >= 11 is 0. The summed E-state index contributed by atoms with van der Waals surface area (Å²) in [5.74, 6) is 0.921. The van der Waals surface area contributed by atoms with Crippen molar-refractivity contribution in [3.63, 3.8) is 0 Å². The van der Waals surface area contributed by atoms with Crippen LogP contribution >= 0.6 is 0 Å². The van der Waals surface area contributed by atoms with Gasteiger partial charge < -0.3 is 15.6 Å². The highest BCUT2D eigenvalue weighted by atomic mass is 32.2. The number of nitrogen functional groups attached to an aromatic ring is 1. The zero-order valence-electron chi connectivity index (χ0n) is 11.0. The third-order valence-electron chi connectivity index (χ3n) is 2.61. The molecule has 0 radical (unpaired) electrons. The van der Waals surface area contributed by atoms with Crippen LogP contribution in [-0.4, -0.2) is 25.6 Å². The molecule has 1 aromatic heterocycles. The van der Waals surface area contributed by atoms with E-state index in [0.717, 1.165) is 0 Å². The molecule has 0 saturated carbocycles. The SMILES string of the molecule is CNS(=O)(=O)c1ccc(N)c(NCc2noc(C)n2)c1. The lowest BCUT2D eigenvalue weighted by Crippen LogP contribution is -2.19. The maximum absolute atomic E-state index is 11.7. The number of nitrogens with two attached hydrogens (primary N) is 1. The molecule has 0 aliphatic heterocycles. The zero-order chi connectivity index (χ0) is 14.8. The lowest BCUT2D eigenvalue weighted by Gasteiger charge is -2.10. The molecule has 0 unspecified atom stereocenters. The summed E-state index contributed by atoms with van der Waals surface area (Å²) in [5.41, 5.74) is 6.72. The quantitative estimate of drug-likeness (QED) is 0.686. The fraction of sp³-hybridized carbons (Fsp3) is 0.273. The molecule has 0 saturated heterocycles. The first-order valence-corrected chi connectivity index (χ1v) is 7.27. The molecule has 2 rings (SSSR count). The Morgan fingerprint density at radius 3 is 2.75 bits per heavy atom. The lowest BCUT2D eigenvalue weighted by atomic mass is 10.2. The smallest absolute Gasteiger partial charge is 0.240 e. The third kappa shape index (κ3) is 3.06. The zero-order valence-corrected chi connectivity index (χ0v) is 11.9. The Bertz CT molecular complexity index is 711. The summed E-state index contributed by atoms with van der Waals surface area (Å²) < 4.78 is 30.5. The van der Waals surface area contributed by atoms with E-state index in [4.69, 9.17) is 10.3 Å². The van der Waals surface area contributed by atoms with Crippen LogP contribution < -0.4 is 15.8 Å². The molecule has 0 fully saturated rings. The Labute approximate surface area is 116 Å². The highest BCUT2D eigenvalue weighted by Crippen LogP contribution is 2.23. The van der Waals surface area contributed by atoms with Gasteiger partial charge in [-0.25, -0.2) is 13.1 Å². The van der Waals surface area contributed by atoms with Crippen molar-refractivity contribution in [2.75, 3.05) is 18.1 Å². The number of hydrogen-bond acceptors (Lipinski definition) is 7. The number of benzene rings is 1. The molecule has 108 valence electrons. The Morgan fingerprint density at radius 1 is 1.40 bits per heavy atom. The topological polar surface area (TPSA) is 123 Å². The van der Waals surface area contributed by atoms with Gasteiger partial charge in [-0.05, 0) is 25.2 Å². The molecule has 1 heterocycles. The summed E-state index contributed by atoms with van der Waals surface area (Å²) in [5, 5.41) is 6.70. The molecule has 1 aromatic carbocycles. The van der Waals surface area contributed by atoms with Crippen LogP contribution in [0.4, 0.5) is 11.4 Å². The molecule has 0 aliphatic rings. The summed E-state index contributed by atoms with van der Waals surface area (Å²) in [4.78, 5) is 4.16. The van der Waals surface area contributed by atoms with Crippen molar-refractivity contribution in [2.24, 2.45) is 0 Å². The number of anilines is 2. The standard InChI is InChI=1S/C11H15N5O3S/c1-7-15-11(16-19-7)6-14-10-5-8(3-4-9(10)12)20(17,18)13-2/h3-5,13-14H,6,12H2,1-2H3. The van der Waals surface area contributed by atoms with E-state index in [9.17, 15) is 8.42 Å². The van der Waals surface area contributed by atoms with Crippen LogP contribution in [-0.2, 0) is 16.6 Å².